The molecule has 1 aromatic heterocycles. The molecule has 1 aromatic rings. The fourth-order valence-corrected chi connectivity index (χ4v) is 2.09. The molecular weight excluding hydrogens is 186 g/mol. The van der Waals surface area contributed by atoms with E-state index in [-0.39, 0.29) is 0 Å². The molecule has 15 heavy (non-hydrogen) atoms. The summed E-state index contributed by atoms with van der Waals surface area (Å²) in [5, 5.41) is 0. The van der Waals surface area contributed by atoms with Crippen molar-refractivity contribution in [3.63, 3.8) is 0 Å². The molecule has 3 nitrogen and oxygen atoms in total. The highest BCUT2D eigenvalue weighted by Crippen LogP contribution is 2.24. The van der Waals surface area contributed by atoms with Crippen molar-refractivity contribution in [3.8, 4) is 0 Å². The average Bonchev–Trinajstić information content (AvgIpc) is 2.65. The second kappa shape index (κ2) is 4.09. The molecule has 0 aromatic carbocycles. The quantitative estimate of drug-likeness (QED) is 0.737. The van der Waals surface area contributed by atoms with Gasteiger partial charge in [-0.2, -0.15) is 0 Å². The van der Waals surface area contributed by atoms with Crippen LogP contribution in [0.1, 0.15) is 19.8 Å². The Hall–Kier alpha value is -1.25. The minimum atomic E-state index is 0.641. The van der Waals surface area contributed by atoms with Crippen molar-refractivity contribution in [3.05, 3.63) is 18.3 Å². The third-order valence-corrected chi connectivity index (χ3v) is 3.10. The Labute approximate surface area is 91.7 Å². The molecule has 2 heterocycles. The highest BCUT2D eigenvalue weighted by atomic mass is 15.2. The molecule has 1 unspecified atom stereocenters. The molecule has 3 heteroatoms. The molecule has 2 rings (SSSR count). The Morgan fingerprint density at radius 3 is 2.67 bits per heavy atom. The Morgan fingerprint density at radius 2 is 2.20 bits per heavy atom. The Bertz CT molecular complexity index is 318. The van der Waals surface area contributed by atoms with Gasteiger partial charge in [0, 0.05) is 26.7 Å². The molecule has 0 radical (unpaired) electrons. The van der Waals surface area contributed by atoms with Crippen LogP contribution < -0.4 is 9.80 Å². The van der Waals surface area contributed by atoms with Gasteiger partial charge in [-0.15, -0.1) is 0 Å². The molecule has 0 saturated carbocycles. The summed E-state index contributed by atoms with van der Waals surface area (Å²) >= 11 is 0. The van der Waals surface area contributed by atoms with Gasteiger partial charge in [-0.05, 0) is 31.9 Å². The van der Waals surface area contributed by atoms with E-state index in [1.54, 1.807) is 0 Å². The van der Waals surface area contributed by atoms with Crippen LogP contribution in [0.2, 0.25) is 0 Å². The van der Waals surface area contributed by atoms with Crippen LogP contribution in [0.15, 0.2) is 18.3 Å². The van der Waals surface area contributed by atoms with E-state index in [4.69, 9.17) is 0 Å². The largest absolute Gasteiger partial charge is 0.376 e. The lowest BCUT2D eigenvalue weighted by Crippen LogP contribution is -2.27. The maximum absolute atomic E-state index is 4.52. The van der Waals surface area contributed by atoms with Crippen molar-refractivity contribution in [2.24, 2.45) is 0 Å². The van der Waals surface area contributed by atoms with E-state index in [1.165, 1.54) is 12.8 Å². The van der Waals surface area contributed by atoms with Crippen LogP contribution in [0.5, 0.6) is 0 Å². The first-order valence-corrected chi connectivity index (χ1v) is 5.58. The second-order valence-electron chi connectivity index (χ2n) is 4.45. The van der Waals surface area contributed by atoms with Crippen molar-refractivity contribution < 1.29 is 0 Å². The van der Waals surface area contributed by atoms with Crippen LogP contribution in [0, 0.1) is 0 Å². The second-order valence-corrected chi connectivity index (χ2v) is 4.45. The number of hydrogen-bond donors (Lipinski definition) is 0. The Kier molecular flexibility index (Phi) is 2.80. The van der Waals surface area contributed by atoms with Crippen molar-refractivity contribution in [1.82, 2.24) is 4.98 Å². The summed E-state index contributed by atoms with van der Waals surface area (Å²) < 4.78 is 0. The first kappa shape index (κ1) is 10.3. The van der Waals surface area contributed by atoms with Crippen LogP contribution >= 0.6 is 0 Å². The van der Waals surface area contributed by atoms with Gasteiger partial charge in [0.1, 0.15) is 5.82 Å². The number of aromatic nitrogens is 1. The van der Waals surface area contributed by atoms with Crippen molar-refractivity contribution >= 4 is 11.5 Å². The summed E-state index contributed by atoms with van der Waals surface area (Å²) in [6, 6.07) is 4.90. The fourth-order valence-electron chi connectivity index (χ4n) is 2.09. The number of pyridine rings is 1. The first-order chi connectivity index (χ1) is 7.18. The van der Waals surface area contributed by atoms with Crippen LogP contribution in [-0.4, -0.2) is 31.7 Å². The lowest BCUT2D eigenvalue weighted by molar-refractivity contribution is 0.727. The molecule has 1 aliphatic rings. The molecule has 1 atom stereocenters. The molecule has 82 valence electrons. The summed E-state index contributed by atoms with van der Waals surface area (Å²) in [5.41, 5.74) is 1.16. The predicted molar refractivity (Wildman–Crippen MR) is 64.6 cm³/mol. The summed E-state index contributed by atoms with van der Waals surface area (Å²) in [7, 11) is 4.07. The lowest BCUT2D eigenvalue weighted by Gasteiger charge is -2.23. The molecule has 1 fully saturated rings. The van der Waals surface area contributed by atoms with Crippen LogP contribution in [-0.2, 0) is 0 Å². The maximum Gasteiger partial charge on any atom is 0.128 e. The van der Waals surface area contributed by atoms with E-state index in [0.717, 1.165) is 18.1 Å². The zero-order chi connectivity index (χ0) is 10.8. The molecule has 0 spiro atoms. The minimum Gasteiger partial charge on any atom is -0.376 e. The number of rotatable bonds is 2. The minimum absolute atomic E-state index is 0.641. The summed E-state index contributed by atoms with van der Waals surface area (Å²) in [6.07, 6.45) is 4.52. The van der Waals surface area contributed by atoms with Gasteiger partial charge in [-0.25, -0.2) is 4.98 Å². The van der Waals surface area contributed by atoms with E-state index < -0.39 is 0 Å². The highest BCUT2D eigenvalue weighted by Gasteiger charge is 2.21. The molecule has 0 N–H and O–H groups in total. The molecule has 0 bridgehead atoms. The fraction of sp³-hybridized carbons (Fsp3) is 0.583. The van der Waals surface area contributed by atoms with Gasteiger partial charge in [0.05, 0.1) is 11.9 Å². The highest BCUT2D eigenvalue weighted by molar-refractivity contribution is 5.50. The molecular formula is C12H19N3. The standard InChI is InChI=1S/C12H19N3/c1-10-5-4-8-15(10)12-7-6-11(9-13-12)14(2)3/h6-7,9-10H,4-5,8H2,1-3H3. The van der Waals surface area contributed by atoms with E-state index in [2.05, 4.69) is 33.8 Å². The SMILES string of the molecule is CC1CCCN1c1ccc(N(C)C)cn1. The molecule has 0 aliphatic carbocycles. The first-order valence-electron chi connectivity index (χ1n) is 5.58. The average molecular weight is 205 g/mol. The summed E-state index contributed by atoms with van der Waals surface area (Å²) in [4.78, 5) is 8.98. The number of hydrogen-bond acceptors (Lipinski definition) is 3. The van der Waals surface area contributed by atoms with Gasteiger partial charge in [0.25, 0.3) is 0 Å². The van der Waals surface area contributed by atoms with Crippen molar-refractivity contribution in [2.75, 3.05) is 30.4 Å². The van der Waals surface area contributed by atoms with E-state index in [1.807, 2.05) is 20.3 Å². The van der Waals surface area contributed by atoms with Gasteiger partial charge >= 0.3 is 0 Å². The van der Waals surface area contributed by atoms with Crippen LogP contribution in [0.4, 0.5) is 11.5 Å². The monoisotopic (exact) mass is 205 g/mol. The van der Waals surface area contributed by atoms with Gasteiger partial charge in [0.2, 0.25) is 0 Å². The topological polar surface area (TPSA) is 19.4 Å². The van der Waals surface area contributed by atoms with Gasteiger partial charge in [0.15, 0.2) is 0 Å². The van der Waals surface area contributed by atoms with Crippen molar-refractivity contribution in [2.45, 2.75) is 25.8 Å². The lowest BCUT2D eigenvalue weighted by atomic mass is 10.2. The predicted octanol–water partition coefficient (Wildman–Crippen LogP) is 2.14. The van der Waals surface area contributed by atoms with E-state index in [9.17, 15) is 0 Å². The zero-order valence-corrected chi connectivity index (χ0v) is 9.77. The third-order valence-electron chi connectivity index (χ3n) is 3.10. The summed E-state index contributed by atoms with van der Waals surface area (Å²) in [6.45, 7) is 3.42. The summed E-state index contributed by atoms with van der Waals surface area (Å²) in [5.74, 6) is 1.12. The van der Waals surface area contributed by atoms with E-state index >= 15 is 0 Å². The third kappa shape index (κ3) is 2.06. The zero-order valence-electron chi connectivity index (χ0n) is 9.77. The number of anilines is 2. The number of nitrogens with zero attached hydrogens (tertiary/aromatic N) is 3. The van der Waals surface area contributed by atoms with E-state index in [0.29, 0.717) is 6.04 Å². The molecule has 1 aliphatic heterocycles. The molecule has 1 saturated heterocycles. The molecule has 0 amide bonds. The smallest absolute Gasteiger partial charge is 0.128 e. The maximum atomic E-state index is 4.52. The van der Waals surface area contributed by atoms with Crippen molar-refractivity contribution in [1.29, 1.82) is 0 Å². The van der Waals surface area contributed by atoms with Gasteiger partial charge in [-0.1, -0.05) is 0 Å². The normalized spacial score (nSPS) is 20.7. The van der Waals surface area contributed by atoms with Crippen LogP contribution in [0.25, 0.3) is 0 Å². The van der Waals surface area contributed by atoms with Crippen LogP contribution in [0.3, 0.4) is 0 Å². The van der Waals surface area contributed by atoms with Gasteiger partial charge in [-0.3, -0.25) is 0 Å². The van der Waals surface area contributed by atoms with Gasteiger partial charge < -0.3 is 9.80 Å². The Morgan fingerprint density at radius 1 is 1.40 bits per heavy atom. The Balaban J connectivity index is 2.16.